The maximum absolute atomic E-state index is 13.9. The Hall–Kier alpha value is -0.0700. The zero-order valence-corrected chi connectivity index (χ0v) is 11.3. The highest BCUT2D eigenvalue weighted by Gasteiger charge is 2.48. The van der Waals surface area contributed by atoms with E-state index >= 15 is 0 Å². The maximum atomic E-state index is 13.9. The van der Waals surface area contributed by atoms with Crippen LogP contribution in [0.15, 0.2) is 0 Å². The van der Waals surface area contributed by atoms with Gasteiger partial charge in [0.25, 0.3) is 0 Å². The molecule has 0 heterocycles. The zero-order chi connectivity index (χ0) is 11.9. The third-order valence-corrected chi connectivity index (χ3v) is 4.78. The molecule has 1 saturated carbocycles. The zero-order valence-electron chi connectivity index (χ0n) is 11.3. The summed E-state index contributed by atoms with van der Waals surface area (Å²) in [5.41, 5.74) is -0.292. The van der Waals surface area contributed by atoms with E-state index in [1.54, 1.807) is 6.92 Å². The van der Waals surface area contributed by atoms with Crippen molar-refractivity contribution in [3.8, 4) is 0 Å². The largest absolute Gasteiger partial charge is 0.244 e. The van der Waals surface area contributed by atoms with Crippen LogP contribution in [0.3, 0.4) is 0 Å². The monoisotopic (exact) mass is 214 g/mol. The minimum Gasteiger partial charge on any atom is -0.244 e. The van der Waals surface area contributed by atoms with Crippen LogP contribution < -0.4 is 0 Å². The molecule has 1 fully saturated rings. The van der Waals surface area contributed by atoms with Crippen LogP contribution in [0.1, 0.15) is 67.2 Å². The van der Waals surface area contributed by atoms with Crippen LogP contribution in [-0.4, -0.2) is 5.67 Å². The van der Waals surface area contributed by atoms with E-state index in [0.29, 0.717) is 11.3 Å². The molecule has 0 N–H and O–H groups in total. The molecule has 0 nitrogen and oxygen atoms in total. The lowest BCUT2D eigenvalue weighted by atomic mass is 9.53. The lowest BCUT2D eigenvalue weighted by molar-refractivity contribution is -0.0518. The van der Waals surface area contributed by atoms with Gasteiger partial charge in [0.2, 0.25) is 0 Å². The molecule has 0 amide bonds. The summed E-state index contributed by atoms with van der Waals surface area (Å²) in [4.78, 5) is 0. The summed E-state index contributed by atoms with van der Waals surface area (Å²) in [5, 5.41) is 0. The van der Waals surface area contributed by atoms with Crippen molar-refractivity contribution in [3.05, 3.63) is 0 Å². The van der Waals surface area contributed by atoms with Crippen LogP contribution in [0, 0.1) is 16.7 Å². The second-order valence-electron chi connectivity index (χ2n) is 6.97. The third kappa shape index (κ3) is 2.37. The SMILES string of the molecule is CC(C)C1(C(C)(C)C)CCC(C)(F)CC1. The number of halogens is 1. The van der Waals surface area contributed by atoms with Gasteiger partial charge in [0.15, 0.2) is 0 Å². The topological polar surface area (TPSA) is 0 Å². The van der Waals surface area contributed by atoms with Gasteiger partial charge in [0.1, 0.15) is 5.67 Å². The Labute approximate surface area is 94.6 Å². The number of alkyl halides is 1. The summed E-state index contributed by atoms with van der Waals surface area (Å²) in [6, 6.07) is 0. The first-order chi connectivity index (χ1) is 6.61. The Bertz CT molecular complexity index is 210. The lowest BCUT2D eigenvalue weighted by Gasteiger charge is -2.53. The van der Waals surface area contributed by atoms with Gasteiger partial charge in [-0.25, -0.2) is 4.39 Å². The molecule has 0 aromatic carbocycles. The molecule has 1 aliphatic rings. The van der Waals surface area contributed by atoms with Gasteiger partial charge in [-0.3, -0.25) is 0 Å². The second kappa shape index (κ2) is 3.75. The Morgan fingerprint density at radius 1 is 1.00 bits per heavy atom. The average Bonchev–Trinajstić information content (AvgIpc) is 2.01. The fourth-order valence-corrected chi connectivity index (χ4v) is 3.41. The van der Waals surface area contributed by atoms with E-state index < -0.39 is 5.67 Å². The molecule has 1 heteroatoms. The summed E-state index contributed by atoms with van der Waals surface area (Å²) >= 11 is 0. The summed E-state index contributed by atoms with van der Waals surface area (Å²) < 4.78 is 13.9. The van der Waals surface area contributed by atoms with Crippen LogP contribution in [0.25, 0.3) is 0 Å². The molecule has 0 radical (unpaired) electrons. The van der Waals surface area contributed by atoms with E-state index in [1.807, 2.05) is 0 Å². The summed E-state index contributed by atoms with van der Waals surface area (Å²) in [7, 11) is 0. The van der Waals surface area contributed by atoms with E-state index in [1.165, 1.54) is 0 Å². The third-order valence-electron chi connectivity index (χ3n) is 4.78. The molecule has 0 spiro atoms. The van der Waals surface area contributed by atoms with Crippen molar-refractivity contribution >= 4 is 0 Å². The van der Waals surface area contributed by atoms with E-state index in [-0.39, 0.29) is 5.41 Å². The van der Waals surface area contributed by atoms with Crippen LogP contribution >= 0.6 is 0 Å². The highest BCUT2D eigenvalue weighted by Crippen LogP contribution is 2.56. The first-order valence-electron chi connectivity index (χ1n) is 6.30. The van der Waals surface area contributed by atoms with Crippen molar-refractivity contribution in [1.29, 1.82) is 0 Å². The lowest BCUT2D eigenvalue weighted by Crippen LogP contribution is -2.46. The summed E-state index contributed by atoms with van der Waals surface area (Å²) in [6.45, 7) is 13.3. The maximum Gasteiger partial charge on any atom is 0.108 e. The fraction of sp³-hybridized carbons (Fsp3) is 1.00. The highest BCUT2D eigenvalue weighted by atomic mass is 19.1. The molecule has 1 rings (SSSR count). The Kier molecular flexibility index (Phi) is 3.25. The Morgan fingerprint density at radius 2 is 1.40 bits per heavy atom. The standard InChI is InChI=1S/C14H27F/c1-11(2)14(12(3,4)5)9-7-13(6,15)8-10-14/h11H,7-10H2,1-6H3. The first-order valence-corrected chi connectivity index (χ1v) is 6.30. The molecule has 90 valence electrons. The van der Waals surface area contributed by atoms with Gasteiger partial charge in [-0.15, -0.1) is 0 Å². The predicted octanol–water partition coefficient (Wildman–Crippen LogP) is 4.98. The van der Waals surface area contributed by atoms with Gasteiger partial charge in [-0.1, -0.05) is 34.6 Å². The average molecular weight is 214 g/mol. The van der Waals surface area contributed by atoms with Gasteiger partial charge in [0, 0.05) is 0 Å². The van der Waals surface area contributed by atoms with E-state index in [2.05, 4.69) is 34.6 Å². The molecular formula is C14H27F. The fourth-order valence-electron chi connectivity index (χ4n) is 3.41. The molecule has 0 unspecified atom stereocenters. The molecule has 1 aliphatic carbocycles. The number of rotatable bonds is 1. The van der Waals surface area contributed by atoms with Crippen LogP contribution in [-0.2, 0) is 0 Å². The second-order valence-corrected chi connectivity index (χ2v) is 6.97. The number of hydrogen-bond acceptors (Lipinski definition) is 0. The predicted molar refractivity (Wildman–Crippen MR) is 64.7 cm³/mol. The molecule has 15 heavy (non-hydrogen) atoms. The molecule has 0 aliphatic heterocycles. The Balaban J connectivity index is 2.89. The highest BCUT2D eigenvalue weighted by molar-refractivity contribution is 4.98. The molecular weight excluding hydrogens is 187 g/mol. The molecule has 0 aromatic heterocycles. The van der Waals surface area contributed by atoms with Crippen molar-refractivity contribution in [2.24, 2.45) is 16.7 Å². The van der Waals surface area contributed by atoms with Gasteiger partial charge in [0.05, 0.1) is 0 Å². The molecule has 0 bridgehead atoms. The minimum atomic E-state index is -0.913. The van der Waals surface area contributed by atoms with Gasteiger partial charge in [-0.2, -0.15) is 0 Å². The van der Waals surface area contributed by atoms with E-state index in [4.69, 9.17) is 0 Å². The number of hydrogen-bond donors (Lipinski definition) is 0. The van der Waals surface area contributed by atoms with Gasteiger partial charge >= 0.3 is 0 Å². The first kappa shape index (κ1) is 13.0. The molecule has 0 saturated heterocycles. The van der Waals surface area contributed by atoms with Crippen molar-refractivity contribution < 1.29 is 4.39 Å². The smallest absolute Gasteiger partial charge is 0.108 e. The summed E-state index contributed by atoms with van der Waals surface area (Å²) in [5.74, 6) is 0.647. The van der Waals surface area contributed by atoms with Crippen molar-refractivity contribution in [1.82, 2.24) is 0 Å². The van der Waals surface area contributed by atoms with Crippen molar-refractivity contribution in [3.63, 3.8) is 0 Å². The Morgan fingerprint density at radius 3 is 1.67 bits per heavy atom. The molecule has 0 aromatic rings. The van der Waals surface area contributed by atoms with E-state index in [9.17, 15) is 4.39 Å². The van der Waals surface area contributed by atoms with Gasteiger partial charge in [-0.05, 0) is 49.4 Å². The van der Waals surface area contributed by atoms with Crippen LogP contribution in [0.5, 0.6) is 0 Å². The quantitative estimate of drug-likeness (QED) is 0.577. The van der Waals surface area contributed by atoms with Crippen molar-refractivity contribution in [2.45, 2.75) is 72.9 Å². The summed E-state index contributed by atoms with van der Waals surface area (Å²) in [6.07, 6.45) is 3.56. The van der Waals surface area contributed by atoms with Gasteiger partial charge < -0.3 is 0 Å². The van der Waals surface area contributed by atoms with Crippen LogP contribution in [0.2, 0.25) is 0 Å². The minimum absolute atomic E-state index is 0.289. The van der Waals surface area contributed by atoms with E-state index in [0.717, 1.165) is 25.7 Å². The normalized spacial score (nSPS) is 38.4. The molecule has 0 atom stereocenters. The van der Waals surface area contributed by atoms with Crippen molar-refractivity contribution in [2.75, 3.05) is 0 Å². The van der Waals surface area contributed by atoms with Crippen LogP contribution in [0.4, 0.5) is 4.39 Å².